The summed E-state index contributed by atoms with van der Waals surface area (Å²) in [6, 6.07) is 4.51. The molecular weight excluding hydrogens is 357 g/mol. The Morgan fingerprint density at radius 2 is 2.20 bits per heavy atom. The van der Waals surface area contributed by atoms with Gasteiger partial charge in [-0.3, -0.25) is 4.79 Å². The van der Waals surface area contributed by atoms with Gasteiger partial charge in [-0.05, 0) is 25.1 Å². The van der Waals surface area contributed by atoms with Gasteiger partial charge in [0.2, 0.25) is 5.91 Å². The lowest BCUT2D eigenvalue weighted by Crippen LogP contribution is -2.23. The van der Waals surface area contributed by atoms with Crippen molar-refractivity contribution in [3.63, 3.8) is 0 Å². The Morgan fingerprint density at radius 3 is 2.88 bits per heavy atom. The number of amides is 1. The van der Waals surface area contributed by atoms with Crippen LogP contribution in [0.5, 0.6) is 0 Å². The molecule has 1 amide bonds. The van der Waals surface area contributed by atoms with Crippen molar-refractivity contribution in [3.8, 4) is 0 Å². The van der Waals surface area contributed by atoms with E-state index in [0.29, 0.717) is 18.3 Å². The number of nitrogens with zero attached hydrogens (tertiary/aromatic N) is 3. The van der Waals surface area contributed by atoms with Crippen molar-refractivity contribution in [1.29, 1.82) is 0 Å². The second-order valence-electron chi connectivity index (χ2n) is 5.13. The molecule has 0 bridgehead atoms. The van der Waals surface area contributed by atoms with E-state index in [1.54, 1.807) is 18.6 Å². The SMILES string of the molecule is COCCn1cnnc1SC(C)C(=O)Nc1cccc(C(F)(F)F)c1. The first-order chi connectivity index (χ1) is 11.8. The molecule has 1 N–H and O–H groups in total. The first kappa shape index (κ1) is 19.3. The standard InChI is InChI=1S/C15H17F3N4O2S/c1-10(25-14-21-19-9-22(14)6-7-24-2)13(23)20-12-5-3-4-11(8-12)15(16,17)18/h3-5,8-10H,6-7H2,1-2H3,(H,20,23). The quantitative estimate of drug-likeness (QED) is 0.755. The van der Waals surface area contributed by atoms with E-state index in [1.807, 2.05) is 0 Å². The molecule has 6 nitrogen and oxygen atoms in total. The molecule has 0 saturated heterocycles. The Hall–Kier alpha value is -2.07. The molecule has 25 heavy (non-hydrogen) atoms. The van der Waals surface area contributed by atoms with E-state index >= 15 is 0 Å². The number of alkyl halides is 3. The van der Waals surface area contributed by atoms with Crippen LogP contribution in [0.25, 0.3) is 0 Å². The van der Waals surface area contributed by atoms with Crippen molar-refractivity contribution in [1.82, 2.24) is 14.8 Å². The van der Waals surface area contributed by atoms with Crippen LogP contribution in [-0.4, -0.2) is 39.6 Å². The van der Waals surface area contributed by atoms with Crippen LogP contribution in [0.4, 0.5) is 18.9 Å². The Bertz CT molecular complexity index is 721. The smallest absolute Gasteiger partial charge is 0.383 e. The molecule has 0 aliphatic heterocycles. The normalized spacial score (nSPS) is 12.8. The van der Waals surface area contributed by atoms with Gasteiger partial charge in [-0.25, -0.2) is 0 Å². The Labute approximate surface area is 146 Å². The van der Waals surface area contributed by atoms with Crippen LogP contribution in [-0.2, 0) is 22.3 Å². The van der Waals surface area contributed by atoms with Gasteiger partial charge in [0.25, 0.3) is 0 Å². The van der Waals surface area contributed by atoms with Gasteiger partial charge in [-0.15, -0.1) is 10.2 Å². The highest BCUT2D eigenvalue weighted by Crippen LogP contribution is 2.31. The molecule has 10 heteroatoms. The molecule has 2 aromatic rings. The van der Waals surface area contributed by atoms with Gasteiger partial charge >= 0.3 is 6.18 Å². The van der Waals surface area contributed by atoms with Crippen molar-refractivity contribution in [2.75, 3.05) is 19.0 Å². The molecule has 0 radical (unpaired) electrons. The number of benzene rings is 1. The van der Waals surface area contributed by atoms with Crippen LogP contribution in [0.3, 0.4) is 0 Å². The number of anilines is 1. The molecule has 0 aliphatic rings. The highest BCUT2D eigenvalue weighted by atomic mass is 32.2. The van der Waals surface area contributed by atoms with Crippen molar-refractivity contribution in [2.45, 2.75) is 30.1 Å². The summed E-state index contributed by atoms with van der Waals surface area (Å²) < 4.78 is 44.9. The summed E-state index contributed by atoms with van der Waals surface area (Å²) in [6.07, 6.45) is -2.93. The zero-order chi connectivity index (χ0) is 18.4. The van der Waals surface area contributed by atoms with Crippen LogP contribution in [0, 0.1) is 0 Å². The summed E-state index contributed by atoms with van der Waals surface area (Å²) in [5.41, 5.74) is -0.724. The molecule has 1 atom stereocenters. The summed E-state index contributed by atoms with van der Waals surface area (Å²) >= 11 is 1.16. The maximum Gasteiger partial charge on any atom is 0.416 e. The zero-order valence-electron chi connectivity index (χ0n) is 13.6. The lowest BCUT2D eigenvalue weighted by Gasteiger charge is -2.13. The molecular formula is C15H17F3N4O2S. The van der Waals surface area contributed by atoms with Crippen LogP contribution in [0.15, 0.2) is 35.7 Å². The van der Waals surface area contributed by atoms with Gasteiger partial charge in [-0.2, -0.15) is 13.2 Å². The number of rotatable bonds is 7. The minimum Gasteiger partial charge on any atom is -0.383 e. The number of thioether (sulfide) groups is 1. The average Bonchev–Trinajstić information content (AvgIpc) is 2.99. The highest BCUT2D eigenvalue weighted by Gasteiger charge is 2.30. The van der Waals surface area contributed by atoms with Crippen LogP contribution in [0.1, 0.15) is 12.5 Å². The van der Waals surface area contributed by atoms with Gasteiger partial charge in [0.05, 0.1) is 17.4 Å². The van der Waals surface area contributed by atoms with Crippen LogP contribution in [0.2, 0.25) is 0 Å². The van der Waals surface area contributed by atoms with Gasteiger partial charge in [0.1, 0.15) is 6.33 Å². The van der Waals surface area contributed by atoms with E-state index in [0.717, 1.165) is 23.9 Å². The number of halogens is 3. The highest BCUT2D eigenvalue weighted by molar-refractivity contribution is 8.00. The Kier molecular flexibility index (Phi) is 6.43. The van der Waals surface area contributed by atoms with E-state index in [9.17, 15) is 18.0 Å². The summed E-state index contributed by atoms with van der Waals surface area (Å²) in [6.45, 7) is 2.65. The fourth-order valence-electron chi connectivity index (χ4n) is 1.91. The van der Waals surface area contributed by atoms with E-state index in [4.69, 9.17) is 4.74 Å². The minimum absolute atomic E-state index is 0.0909. The average molecular weight is 374 g/mol. The number of carbonyl (C=O) groups is 1. The number of methoxy groups -OCH3 is 1. The number of nitrogens with one attached hydrogen (secondary N) is 1. The number of hydrogen-bond donors (Lipinski definition) is 1. The van der Waals surface area contributed by atoms with Gasteiger partial charge in [-0.1, -0.05) is 17.8 Å². The molecule has 1 aromatic heterocycles. The first-order valence-corrected chi connectivity index (χ1v) is 8.20. The summed E-state index contributed by atoms with van der Waals surface area (Å²) in [4.78, 5) is 12.2. The molecule has 1 unspecified atom stereocenters. The van der Waals surface area contributed by atoms with E-state index < -0.39 is 22.9 Å². The Morgan fingerprint density at radius 1 is 1.44 bits per heavy atom. The van der Waals surface area contributed by atoms with E-state index in [2.05, 4.69) is 15.5 Å². The van der Waals surface area contributed by atoms with Crippen molar-refractivity contribution >= 4 is 23.4 Å². The molecule has 136 valence electrons. The van der Waals surface area contributed by atoms with Gasteiger partial charge in [0.15, 0.2) is 5.16 Å². The molecule has 0 spiro atoms. The van der Waals surface area contributed by atoms with E-state index in [1.165, 1.54) is 18.5 Å². The summed E-state index contributed by atoms with van der Waals surface area (Å²) in [5, 5.41) is 10.2. The third-order valence-electron chi connectivity index (χ3n) is 3.23. The zero-order valence-corrected chi connectivity index (χ0v) is 14.4. The lowest BCUT2D eigenvalue weighted by molar-refractivity contribution is -0.137. The molecule has 1 aromatic carbocycles. The lowest BCUT2D eigenvalue weighted by atomic mass is 10.2. The van der Waals surface area contributed by atoms with Crippen molar-refractivity contribution in [3.05, 3.63) is 36.2 Å². The Balaban J connectivity index is 2.00. The molecule has 0 fully saturated rings. The van der Waals surface area contributed by atoms with Gasteiger partial charge in [0, 0.05) is 19.3 Å². The number of ether oxygens (including phenoxy) is 1. The number of aromatic nitrogens is 3. The first-order valence-electron chi connectivity index (χ1n) is 7.33. The second-order valence-corrected chi connectivity index (χ2v) is 6.44. The molecule has 1 heterocycles. The van der Waals surface area contributed by atoms with Crippen molar-refractivity contribution < 1.29 is 22.7 Å². The van der Waals surface area contributed by atoms with Gasteiger partial charge < -0.3 is 14.6 Å². The summed E-state index contributed by atoms with van der Waals surface area (Å²) in [7, 11) is 1.57. The molecule has 2 rings (SSSR count). The number of hydrogen-bond acceptors (Lipinski definition) is 5. The minimum atomic E-state index is -4.46. The topological polar surface area (TPSA) is 69.0 Å². The van der Waals surface area contributed by atoms with Crippen LogP contribution >= 0.6 is 11.8 Å². The van der Waals surface area contributed by atoms with Crippen LogP contribution < -0.4 is 5.32 Å². The van der Waals surface area contributed by atoms with E-state index in [-0.39, 0.29) is 5.69 Å². The third-order valence-corrected chi connectivity index (χ3v) is 4.32. The predicted molar refractivity (Wildman–Crippen MR) is 87.3 cm³/mol. The molecule has 0 saturated carbocycles. The van der Waals surface area contributed by atoms with Crippen molar-refractivity contribution in [2.24, 2.45) is 0 Å². The molecule has 0 aliphatic carbocycles. The predicted octanol–water partition coefficient (Wildman–Crippen LogP) is 3.06. The second kappa shape index (κ2) is 8.34. The third kappa shape index (κ3) is 5.46. The monoisotopic (exact) mass is 374 g/mol. The number of carbonyl (C=O) groups excluding carboxylic acids is 1. The largest absolute Gasteiger partial charge is 0.416 e. The maximum absolute atomic E-state index is 12.7. The fourth-order valence-corrected chi connectivity index (χ4v) is 2.76. The summed E-state index contributed by atoms with van der Waals surface area (Å²) in [5.74, 6) is -0.425. The fraction of sp³-hybridized carbons (Fsp3) is 0.400. The maximum atomic E-state index is 12.7.